The number of pyridine rings is 1. The molecule has 0 aromatic carbocycles. The molecular formula is C11H16N2O3S. The summed E-state index contributed by atoms with van der Waals surface area (Å²) in [5.74, 6) is -0.0606. The third-order valence-corrected chi connectivity index (χ3v) is 4.75. The molecule has 1 aliphatic heterocycles. The lowest BCUT2D eigenvalue weighted by molar-refractivity contribution is 0.330. The van der Waals surface area contributed by atoms with Gasteiger partial charge in [0.05, 0.1) is 6.61 Å². The molecule has 2 atom stereocenters. The maximum absolute atomic E-state index is 11.9. The molecule has 6 heteroatoms. The summed E-state index contributed by atoms with van der Waals surface area (Å²) in [5, 5.41) is 2.60. The van der Waals surface area contributed by atoms with Crippen LogP contribution in [0.2, 0.25) is 0 Å². The first-order chi connectivity index (χ1) is 8.15. The monoisotopic (exact) mass is 256 g/mol. The van der Waals surface area contributed by atoms with Gasteiger partial charge in [0.1, 0.15) is 5.25 Å². The summed E-state index contributed by atoms with van der Waals surface area (Å²) in [7, 11) is -3.49. The molecule has 1 aromatic heterocycles. The molecular weight excluding hydrogens is 240 g/mol. The average molecular weight is 256 g/mol. The molecule has 1 fully saturated rings. The molecule has 5 nitrogen and oxygen atoms in total. The smallest absolute Gasteiger partial charge is 0.272 e. The van der Waals surface area contributed by atoms with Crippen LogP contribution in [0.15, 0.2) is 24.5 Å². The van der Waals surface area contributed by atoms with Gasteiger partial charge in [-0.2, -0.15) is 8.42 Å². The van der Waals surface area contributed by atoms with Crippen molar-refractivity contribution in [1.29, 1.82) is 0 Å². The normalized spacial score (nSPS) is 25.0. The Morgan fingerprint density at radius 1 is 1.41 bits per heavy atom. The number of nitrogens with zero attached hydrogens (tertiary/aromatic N) is 1. The molecule has 2 unspecified atom stereocenters. The number of rotatable bonds is 4. The van der Waals surface area contributed by atoms with E-state index in [0.717, 1.165) is 5.56 Å². The third kappa shape index (κ3) is 2.65. The van der Waals surface area contributed by atoms with Crippen LogP contribution in [0.4, 0.5) is 0 Å². The van der Waals surface area contributed by atoms with E-state index in [2.05, 4.69) is 10.3 Å². The first-order valence-corrected chi connectivity index (χ1v) is 7.11. The van der Waals surface area contributed by atoms with Crippen LogP contribution in [0.3, 0.4) is 0 Å². The highest BCUT2D eigenvalue weighted by atomic mass is 32.2. The molecule has 1 saturated heterocycles. The summed E-state index contributed by atoms with van der Waals surface area (Å²) in [6.07, 6.45) is 3.36. The zero-order valence-electron chi connectivity index (χ0n) is 9.67. The lowest BCUT2D eigenvalue weighted by Gasteiger charge is -2.18. The van der Waals surface area contributed by atoms with Gasteiger partial charge in [-0.3, -0.25) is 9.17 Å². The zero-order chi connectivity index (χ0) is 12.3. The van der Waals surface area contributed by atoms with E-state index in [0.29, 0.717) is 13.1 Å². The molecule has 0 spiro atoms. The Hall–Kier alpha value is -0.980. The van der Waals surface area contributed by atoms with E-state index in [9.17, 15) is 8.42 Å². The van der Waals surface area contributed by atoms with Crippen LogP contribution >= 0.6 is 0 Å². The summed E-state index contributed by atoms with van der Waals surface area (Å²) < 4.78 is 28.8. The first kappa shape index (κ1) is 12.5. The van der Waals surface area contributed by atoms with Gasteiger partial charge in [0, 0.05) is 31.4 Å². The van der Waals surface area contributed by atoms with E-state index in [1.165, 1.54) is 0 Å². The predicted octanol–water partition coefficient (Wildman–Crippen LogP) is 0.503. The third-order valence-electron chi connectivity index (χ3n) is 2.95. The van der Waals surface area contributed by atoms with Gasteiger partial charge in [-0.25, -0.2) is 0 Å². The highest BCUT2D eigenvalue weighted by Gasteiger charge is 2.38. The number of hydrogen-bond acceptors (Lipinski definition) is 5. The molecule has 94 valence electrons. The SMILES string of the molecule is CCOS(=O)(=O)C1CNCC1c1ccncc1. The fraction of sp³-hybridized carbons (Fsp3) is 0.545. The van der Waals surface area contributed by atoms with Gasteiger partial charge in [-0.15, -0.1) is 0 Å². The van der Waals surface area contributed by atoms with Crippen molar-refractivity contribution in [2.75, 3.05) is 19.7 Å². The molecule has 2 heterocycles. The maximum atomic E-state index is 11.9. The maximum Gasteiger partial charge on any atom is 0.272 e. The second kappa shape index (κ2) is 5.12. The topological polar surface area (TPSA) is 68.3 Å². The van der Waals surface area contributed by atoms with Crippen molar-refractivity contribution in [1.82, 2.24) is 10.3 Å². The van der Waals surface area contributed by atoms with Crippen molar-refractivity contribution in [2.24, 2.45) is 0 Å². The Morgan fingerprint density at radius 2 is 2.12 bits per heavy atom. The summed E-state index contributed by atoms with van der Waals surface area (Å²) >= 11 is 0. The van der Waals surface area contributed by atoms with Crippen molar-refractivity contribution in [3.8, 4) is 0 Å². The Bertz CT molecular complexity index is 461. The van der Waals surface area contributed by atoms with Gasteiger partial charge in [0.15, 0.2) is 0 Å². The average Bonchev–Trinajstić information content (AvgIpc) is 2.79. The lowest BCUT2D eigenvalue weighted by atomic mass is 9.99. The number of nitrogens with one attached hydrogen (secondary N) is 1. The van der Waals surface area contributed by atoms with Crippen molar-refractivity contribution >= 4 is 10.1 Å². The van der Waals surface area contributed by atoms with E-state index < -0.39 is 15.4 Å². The lowest BCUT2D eigenvalue weighted by Crippen LogP contribution is -2.30. The predicted molar refractivity (Wildman–Crippen MR) is 64.2 cm³/mol. The summed E-state index contributed by atoms with van der Waals surface area (Å²) in [5.41, 5.74) is 0.985. The Labute approximate surface area is 101 Å². The van der Waals surface area contributed by atoms with Crippen LogP contribution in [0.25, 0.3) is 0 Å². The van der Waals surface area contributed by atoms with E-state index in [1.54, 1.807) is 19.3 Å². The summed E-state index contributed by atoms with van der Waals surface area (Å²) in [6.45, 7) is 2.96. The number of aromatic nitrogens is 1. The van der Waals surface area contributed by atoms with Crippen LogP contribution in [0, 0.1) is 0 Å². The second-order valence-corrected chi connectivity index (χ2v) is 5.81. The van der Waals surface area contributed by atoms with Gasteiger partial charge in [0.25, 0.3) is 10.1 Å². The van der Waals surface area contributed by atoms with E-state index in [1.807, 2.05) is 12.1 Å². The van der Waals surface area contributed by atoms with Crippen molar-refractivity contribution < 1.29 is 12.6 Å². The Balaban J connectivity index is 2.24. The van der Waals surface area contributed by atoms with Crippen LogP contribution < -0.4 is 5.32 Å². The first-order valence-electron chi connectivity index (χ1n) is 5.64. The van der Waals surface area contributed by atoms with Crippen molar-refractivity contribution in [2.45, 2.75) is 18.1 Å². The molecule has 1 aliphatic rings. The largest absolute Gasteiger partial charge is 0.315 e. The van der Waals surface area contributed by atoms with Gasteiger partial charge in [0.2, 0.25) is 0 Å². The van der Waals surface area contributed by atoms with Gasteiger partial charge < -0.3 is 5.32 Å². The molecule has 0 amide bonds. The van der Waals surface area contributed by atoms with Crippen LogP contribution in [-0.4, -0.2) is 38.3 Å². The molecule has 0 bridgehead atoms. The van der Waals surface area contributed by atoms with E-state index >= 15 is 0 Å². The Kier molecular flexibility index (Phi) is 3.76. The fourth-order valence-electron chi connectivity index (χ4n) is 2.15. The standard InChI is InChI=1S/C11H16N2O3S/c1-2-16-17(14,15)11-8-13-7-10(11)9-3-5-12-6-4-9/h3-6,10-11,13H,2,7-8H2,1H3. The van der Waals surface area contributed by atoms with Crippen LogP contribution in [-0.2, 0) is 14.3 Å². The van der Waals surface area contributed by atoms with Crippen molar-refractivity contribution in [3.05, 3.63) is 30.1 Å². The highest BCUT2D eigenvalue weighted by molar-refractivity contribution is 7.87. The molecule has 2 rings (SSSR count). The van der Waals surface area contributed by atoms with Gasteiger partial charge >= 0.3 is 0 Å². The number of hydrogen-bond donors (Lipinski definition) is 1. The minimum atomic E-state index is -3.49. The Morgan fingerprint density at radius 3 is 2.76 bits per heavy atom. The minimum Gasteiger partial charge on any atom is -0.315 e. The zero-order valence-corrected chi connectivity index (χ0v) is 10.5. The molecule has 0 aliphatic carbocycles. The highest BCUT2D eigenvalue weighted by Crippen LogP contribution is 2.28. The van der Waals surface area contributed by atoms with Crippen LogP contribution in [0.5, 0.6) is 0 Å². The van der Waals surface area contributed by atoms with Gasteiger partial charge in [-0.1, -0.05) is 0 Å². The van der Waals surface area contributed by atoms with E-state index in [-0.39, 0.29) is 12.5 Å². The summed E-state index contributed by atoms with van der Waals surface area (Å²) in [6, 6.07) is 3.71. The molecule has 1 N–H and O–H groups in total. The second-order valence-electron chi connectivity index (χ2n) is 3.98. The molecule has 0 saturated carbocycles. The van der Waals surface area contributed by atoms with Crippen molar-refractivity contribution in [3.63, 3.8) is 0 Å². The molecule has 17 heavy (non-hydrogen) atoms. The van der Waals surface area contributed by atoms with Gasteiger partial charge in [-0.05, 0) is 24.6 Å². The van der Waals surface area contributed by atoms with Crippen LogP contribution in [0.1, 0.15) is 18.4 Å². The quantitative estimate of drug-likeness (QED) is 0.795. The fourth-order valence-corrected chi connectivity index (χ4v) is 3.63. The molecule has 0 radical (unpaired) electrons. The molecule has 1 aromatic rings. The summed E-state index contributed by atoms with van der Waals surface area (Å²) in [4.78, 5) is 3.94. The van der Waals surface area contributed by atoms with E-state index in [4.69, 9.17) is 4.18 Å². The minimum absolute atomic E-state index is 0.0606.